The molecule has 1 amide bonds. The van der Waals surface area contributed by atoms with Gasteiger partial charge in [-0.15, -0.1) is 12.4 Å². The van der Waals surface area contributed by atoms with Crippen molar-refractivity contribution in [3.63, 3.8) is 0 Å². The molecule has 3 N–H and O–H groups in total. The maximum atomic E-state index is 12.0. The summed E-state index contributed by atoms with van der Waals surface area (Å²) < 4.78 is 0. The molecule has 1 heterocycles. The molecule has 2 unspecified atom stereocenters. The molecule has 0 spiro atoms. The number of hydrogen-bond acceptors (Lipinski definition) is 3. The number of β-amino-alcohol motifs (C(OH)–C–C–N with tert-alkyl or cyclic N) is 1. The van der Waals surface area contributed by atoms with E-state index in [0.29, 0.717) is 19.5 Å². The zero-order valence-electron chi connectivity index (χ0n) is 12.6. The molecule has 118 valence electrons. The molecule has 0 radical (unpaired) electrons. The van der Waals surface area contributed by atoms with Crippen LogP contribution >= 0.6 is 12.4 Å². The average Bonchev–Trinajstić information content (AvgIpc) is 2.83. The highest BCUT2D eigenvalue weighted by molar-refractivity contribution is 5.85. The maximum Gasteiger partial charge on any atom is 0.237 e. The lowest BCUT2D eigenvalue weighted by molar-refractivity contribution is -0.123. The van der Waals surface area contributed by atoms with Gasteiger partial charge in [-0.3, -0.25) is 4.79 Å². The van der Waals surface area contributed by atoms with E-state index in [4.69, 9.17) is 0 Å². The fraction of sp³-hybridized carbons (Fsp3) is 0.562. The molecule has 1 saturated heterocycles. The Morgan fingerprint density at radius 3 is 2.62 bits per heavy atom. The Bertz CT molecular complexity index is 451. The van der Waals surface area contributed by atoms with Gasteiger partial charge in [-0.25, -0.2) is 0 Å². The second kappa shape index (κ2) is 7.78. The largest absolute Gasteiger partial charge is 0.392 e. The van der Waals surface area contributed by atoms with Crippen LogP contribution in [0.5, 0.6) is 0 Å². The van der Waals surface area contributed by atoms with Crippen molar-refractivity contribution >= 4 is 18.3 Å². The molecule has 0 saturated carbocycles. The topological polar surface area (TPSA) is 61.4 Å². The second-order valence-electron chi connectivity index (χ2n) is 6.39. The minimum Gasteiger partial charge on any atom is -0.392 e. The maximum absolute atomic E-state index is 12.0. The third-order valence-corrected chi connectivity index (χ3v) is 3.69. The van der Waals surface area contributed by atoms with Gasteiger partial charge in [0.05, 0.1) is 12.1 Å². The molecule has 5 heteroatoms. The van der Waals surface area contributed by atoms with Crippen LogP contribution in [0.2, 0.25) is 0 Å². The minimum atomic E-state index is -0.400. The number of hydrogen-bond donors (Lipinski definition) is 3. The zero-order valence-corrected chi connectivity index (χ0v) is 13.5. The van der Waals surface area contributed by atoms with Crippen LogP contribution in [0.1, 0.15) is 25.8 Å². The van der Waals surface area contributed by atoms with E-state index in [-0.39, 0.29) is 29.8 Å². The highest BCUT2D eigenvalue weighted by Crippen LogP contribution is 2.21. The van der Waals surface area contributed by atoms with E-state index < -0.39 is 6.10 Å². The van der Waals surface area contributed by atoms with Gasteiger partial charge in [0.25, 0.3) is 0 Å². The number of rotatable bonds is 5. The molecule has 1 aliphatic heterocycles. The highest BCUT2D eigenvalue weighted by Gasteiger charge is 2.29. The van der Waals surface area contributed by atoms with Crippen LogP contribution < -0.4 is 10.6 Å². The monoisotopic (exact) mass is 312 g/mol. The molecule has 2 atom stereocenters. The van der Waals surface area contributed by atoms with E-state index in [1.165, 1.54) is 5.56 Å². The Kier molecular flexibility index (Phi) is 6.65. The summed E-state index contributed by atoms with van der Waals surface area (Å²) in [5.74, 6) is -0.0114. The van der Waals surface area contributed by atoms with Crippen LogP contribution in [0.25, 0.3) is 0 Å². The molecular formula is C16H25ClN2O2. The van der Waals surface area contributed by atoms with Crippen LogP contribution in [0, 0.1) is 5.41 Å². The Labute approximate surface area is 132 Å². The summed E-state index contributed by atoms with van der Waals surface area (Å²) in [6.07, 6.45) is 1.03. The van der Waals surface area contributed by atoms with E-state index in [1.54, 1.807) is 0 Å². The molecule has 0 bridgehead atoms. The number of amides is 1. The molecule has 21 heavy (non-hydrogen) atoms. The average molecular weight is 313 g/mol. The minimum absolute atomic E-state index is 0. The summed E-state index contributed by atoms with van der Waals surface area (Å²) in [5, 5.41) is 15.5. The molecule has 4 nitrogen and oxygen atoms in total. The van der Waals surface area contributed by atoms with Crippen molar-refractivity contribution in [2.45, 2.75) is 38.8 Å². The van der Waals surface area contributed by atoms with Crippen LogP contribution in [-0.2, 0) is 11.2 Å². The van der Waals surface area contributed by atoms with Gasteiger partial charge in [0.2, 0.25) is 5.91 Å². The predicted octanol–water partition coefficient (Wildman–Crippen LogP) is 1.52. The first-order valence-electron chi connectivity index (χ1n) is 7.19. The summed E-state index contributed by atoms with van der Waals surface area (Å²) in [6.45, 7) is 5.44. The Hall–Kier alpha value is -1.10. The van der Waals surface area contributed by atoms with Crippen molar-refractivity contribution in [1.82, 2.24) is 10.6 Å². The molecule has 1 fully saturated rings. The number of carbonyl (C=O) groups is 1. The van der Waals surface area contributed by atoms with Gasteiger partial charge in [-0.1, -0.05) is 44.2 Å². The fourth-order valence-electron chi connectivity index (χ4n) is 2.58. The second-order valence-corrected chi connectivity index (χ2v) is 6.39. The Morgan fingerprint density at radius 2 is 2.05 bits per heavy atom. The number of nitrogens with one attached hydrogen (secondary N) is 2. The Balaban J connectivity index is 0.00000220. The number of aliphatic hydroxyl groups excluding tert-OH is 1. The van der Waals surface area contributed by atoms with Crippen molar-refractivity contribution in [3.8, 4) is 0 Å². The fourth-order valence-corrected chi connectivity index (χ4v) is 2.58. The molecule has 1 aromatic carbocycles. The number of halogens is 1. The van der Waals surface area contributed by atoms with E-state index in [9.17, 15) is 9.90 Å². The quantitative estimate of drug-likeness (QED) is 0.772. The van der Waals surface area contributed by atoms with Crippen molar-refractivity contribution in [2.75, 3.05) is 13.1 Å². The number of benzene rings is 1. The SMILES string of the molecule is CC(C)(CNC(=O)C1CC(O)CN1)Cc1ccccc1.Cl. The first-order valence-corrected chi connectivity index (χ1v) is 7.19. The van der Waals surface area contributed by atoms with Gasteiger partial charge >= 0.3 is 0 Å². The normalized spacial score (nSPS) is 21.7. The van der Waals surface area contributed by atoms with Crippen molar-refractivity contribution in [3.05, 3.63) is 35.9 Å². The predicted molar refractivity (Wildman–Crippen MR) is 86.6 cm³/mol. The van der Waals surface area contributed by atoms with E-state index in [2.05, 4.69) is 36.6 Å². The summed E-state index contributed by atoms with van der Waals surface area (Å²) in [5.41, 5.74) is 1.29. The molecule has 1 aromatic rings. The van der Waals surface area contributed by atoms with Gasteiger partial charge in [0.1, 0.15) is 0 Å². The van der Waals surface area contributed by atoms with Gasteiger partial charge in [-0.2, -0.15) is 0 Å². The first-order chi connectivity index (χ1) is 9.46. The third-order valence-electron chi connectivity index (χ3n) is 3.69. The summed E-state index contributed by atoms with van der Waals surface area (Å²) >= 11 is 0. The molecule has 2 rings (SSSR count). The molecule has 0 aromatic heterocycles. The van der Waals surface area contributed by atoms with E-state index in [0.717, 1.165) is 6.42 Å². The van der Waals surface area contributed by atoms with Gasteiger partial charge < -0.3 is 15.7 Å². The van der Waals surface area contributed by atoms with Crippen LogP contribution in [-0.4, -0.2) is 36.2 Å². The van der Waals surface area contributed by atoms with Crippen molar-refractivity contribution in [2.24, 2.45) is 5.41 Å². The lowest BCUT2D eigenvalue weighted by atomic mass is 9.85. The lowest BCUT2D eigenvalue weighted by Gasteiger charge is -2.26. The van der Waals surface area contributed by atoms with Crippen LogP contribution in [0.4, 0.5) is 0 Å². The summed E-state index contributed by atoms with van der Waals surface area (Å²) in [7, 11) is 0. The standard InChI is InChI=1S/C16H24N2O2.ClH/c1-16(2,9-12-6-4-3-5-7-12)11-18-15(20)14-8-13(19)10-17-14;/h3-7,13-14,17,19H,8-11H2,1-2H3,(H,18,20);1H. The van der Waals surface area contributed by atoms with E-state index in [1.807, 2.05) is 18.2 Å². The summed E-state index contributed by atoms with van der Waals surface area (Å²) in [6, 6.07) is 10.0. The number of carbonyl (C=O) groups excluding carboxylic acids is 1. The highest BCUT2D eigenvalue weighted by atomic mass is 35.5. The smallest absolute Gasteiger partial charge is 0.237 e. The summed E-state index contributed by atoms with van der Waals surface area (Å²) in [4.78, 5) is 12.0. The van der Waals surface area contributed by atoms with Gasteiger partial charge in [-0.05, 0) is 23.8 Å². The molecule has 0 aliphatic carbocycles. The van der Waals surface area contributed by atoms with Crippen molar-refractivity contribution in [1.29, 1.82) is 0 Å². The molecular weight excluding hydrogens is 288 g/mol. The first kappa shape index (κ1) is 18.0. The van der Waals surface area contributed by atoms with Crippen molar-refractivity contribution < 1.29 is 9.90 Å². The zero-order chi connectivity index (χ0) is 14.6. The van der Waals surface area contributed by atoms with Gasteiger partial charge in [0.15, 0.2) is 0 Å². The molecule has 1 aliphatic rings. The Morgan fingerprint density at radius 1 is 1.38 bits per heavy atom. The van der Waals surface area contributed by atoms with Crippen LogP contribution in [0.3, 0.4) is 0 Å². The van der Waals surface area contributed by atoms with Gasteiger partial charge in [0, 0.05) is 13.1 Å². The third kappa shape index (κ3) is 5.65. The van der Waals surface area contributed by atoms with Crippen LogP contribution in [0.15, 0.2) is 30.3 Å². The van der Waals surface area contributed by atoms with E-state index >= 15 is 0 Å². The lowest BCUT2D eigenvalue weighted by Crippen LogP contribution is -2.44. The number of aliphatic hydroxyl groups is 1.